The third kappa shape index (κ3) is 2.93. The standard InChI is InChI=1S/C13H15N3O/c1-10-14-7-8-16(10)9-12-3-5-13(6-4-12)15-11(2)17/h3-8H,9H2,1-2H3,(H,15,17). The van der Waals surface area contributed by atoms with E-state index in [-0.39, 0.29) is 5.91 Å². The van der Waals surface area contributed by atoms with Crippen molar-refractivity contribution >= 4 is 11.6 Å². The molecular formula is C13H15N3O. The number of rotatable bonds is 3. The Morgan fingerprint density at radius 3 is 2.59 bits per heavy atom. The molecule has 0 saturated heterocycles. The topological polar surface area (TPSA) is 46.9 Å². The highest BCUT2D eigenvalue weighted by Gasteiger charge is 1.99. The van der Waals surface area contributed by atoms with Crippen molar-refractivity contribution in [1.29, 1.82) is 0 Å². The molecular weight excluding hydrogens is 214 g/mol. The summed E-state index contributed by atoms with van der Waals surface area (Å²) < 4.78 is 2.08. The molecule has 0 bridgehead atoms. The van der Waals surface area contributed by atoms with Gasteiger partial charge in [-0.25, -0.2) is 4.98 Å². The molecule has 1 N–H and O–H groups in total. The number of amides is 1. The summed E-state index contributed by atoms with van der Waals surface area (Å²) in [5.74, 6) is 0.944. The maximum Gasteiger partial charge on any atom is 0.221 e. The number of hydrogen-bond donors (Lipinski definition) is 1. The second kappa shape index (κ2) is 4.82. The minimum Gasteiger partial charge on any atom is -0.331 e. The van der Waals surface area contributed by atoms with Crippen molar-refractivity contribution < 1.29 is 4.79 Å². The van der Waals surface area contributed by atoms with Crippen molar-refractivity contribution in [3.8, 4) is 0 Å². The molecule has 4 nitrogen and oxygen atoms in total. The SMILES string of the molecule is CC(=O)Nc1ccc(Cn2ccnc2C)cc1. The summed E-state index contributed by atoms with van der Waals surface area (Å²) in [6, 6.07) is 7.82. The highest BCUT2D eigenvalue weighted by molar-refractivity contribution is 5.88. The number of benzene rings is 1. The lowest BCUT2D eigenvalue weighted by Crippen LogP contribution is -2.06. The second-order valence-electron chi connectivity index (χ2n) is 3.98. The molecule has 0 radical (unpaired) electrons. The van der Waals surface area contributed by atoms with Crippen LogP contribution in [0.4, 0.5) is 5.69 Å². The van der Waals surface area contributed by atoms with Crippen molar-refractivity contribution in [3.05, 3.63) is 48.0 Å². The predicted octanol–water partition coefficient (Wildman–Crippen LogP) is 2.20. The van der Waals surface area contributed by atoms with Gasteiger partial charge in [-0.15, -0.1) is 0 Å². The normalized spacial score (nSPS) is 10.2. The molecule has 1 aromatic heterocycles. The van der Waals surface area contributed by atoms with E-state index >= 15 is 0 Å². The molecule has 88 valence electrons. The molecule has 0 fully saturated rings. The quantitative estimate of drug-likeness (QED) is 0.877. The van der Waals surface area contributed by atoms with Gasteiger partial charge in [0.05, 0.1) is 0 Å². The summed E-state index contributed by atoms with van der Waals surface area (Å²) in [5.41, 5.74) is 2.00. The van der Waals surface area contributed by atoms with Crippen molar-refractivity contribution in [2.75, 3.05) is 5.32 Å². The average molecular weight is 229 g/mol. The maximum absolute atomic E-state index is 10.9. The van der Waals surface area contributed by atoms with Gasteiger partial charge >= 0.3 is 0 Å². The zero-order valence-electron chi connectivity index (χ0n) is 9.97. The van der Waals surface area contributed by atoms with Gasteiger partial charge in [0, 0.05) is 31.5 Å². The minimum atomic E-state index is -0.0526. The first-order valence-electron chi connectivity index (χ1n) is 5.49. The third-order valence-electron chi connectivity index (χ3n) is 2.55. The smallest absolute Gasteiger partial charge is 0.221 e. The molecule has 0 unspecified atom stereocenters. The highest BCUT2D eigenvalue weighted by Crippen LogP contribution is 2.11. The molecule has 1 amide bonds. The van der Waals surface area contributed by atoms with E-state index in [0.29, 0.717) is 0 Å². The van der Waals surface area contributed by atoms with Crippen LogP contribution in [-0.2, 0) is 11.3 Å². The first-order chi connectivity index (χ1) is 8.15. The van der Waals surface area contributed by atoms with Crippen LogP contribution in [0.3, 0.4) is 0 Å². The van der Waals surface area contributed by atoms with Crippen LogP contribution >= 0.6 is 0 Å². The van der Waals surface area contributed by atoms with Gasteiger partial charge in [0.2, 0.25) is 5.91 Å². The van der Waals surface area contributed by atoms with E-state index in [0.717, 1.165) is 18.1 Å². The molecule has 0 aliphatic carbocycles. The number of aromatic nitrogens is 2. The van der Waals surface area contributed by atoms with E-state index in [1.807, 2.05) is 37.4 Å². The fourth-order valence-corrected chi connectivity index (χ4v) is 1.66. The molecule has 0 aliphatic heterocycles. The van der Waals surface area contributed by atoms with Gasteiger partial charge in [-0.1, -0.05) is 12.1 Å². The predicted molar refractivity (Wildman–Crippen MR) is 66.8 cm³/mol. The zero-order chi connectivity index (χ0) is 12.3. The van der Waals surface area contributed by atoms with Gasteiger partial charge in [0.15, 0.2) is 0 Å². The maximum atomic E-state index is 10.9. The third-order valence-corrected chi connectivity index (χ3v) is 2.55. The molecule has 0 aliphatic rings. The van der Waals surface area contributed by atoms with Gasteiger partial charge in [0.25, 0.3) is 0 Å². The van der Waals surface area contributed by atoms with Gasteiger partial charge in [0.1, 0.15) is 5.82 Å². The molecule has 1 heterocycles. The molecule has 0 saturated carbocycles. The minimum absolute atomic E-state index is 0.0526. The van der Waals surface area contributed by atoms with Gasteiger partial charge in [-0.05, 0) is 24.6 Å². The van der Waals surface area contributed by atoms with Crippen LogP contribution < -0.4 is 5.32 Å². The number of imidazole rings is 1. The lowest BCUT2D eigenvalue weighted by molar-refractivity contribution is -0.114. The Labute approximate surface area is 100 Å². The Hall–Kier alpha value is -2.10. The lowest BCUT2D eigenvalue weighted by atomic mass is 10.2. The number of aryl methyl sites for hydroxylation is 1. The summed E-state index contributed by atoms with van der Waals surface area (Å²) in [5, 5.41) is 2.74. The van der Waals surface area contributed by atoms with Crippen LogP contribution in [0.1, 0.15) is 18.3 Å². The fraction of sp³-hybridized carbons (Fsp3) is 0.231. The first kappa shape index (κ1) is 11.4. The van der Waals surface area contributed by atoms with Crippen LogP contribution in [0.2, 0.25) is 0 Å². The number of anilines is 1. The van der Waals surface area contributed by atoms with Gasteiger partial charge in [-0.2, -0.15) is 0 Å². The second-order valence-corrected chi connectivity index (χ2v) is 3.98. The molecule has 4 heteroatoms. The molecule has 0 atom stereocenters. The summed E-state index contributed by atoms with van der Waals surface area (Å²) in [4.78, 5) is 15.1. The summed E-state index contributed by atoms with van der Waals surface area (Å²) in [6.45, 7) is 4.28. The van der Waals surface area contributed by atoms with Crippen molar-refractivity contribution in [3.63, 3.8) is 0 Å². The summed E-state index contributed by atoms with van der Waals surface area (Å²) >= 11 is 0. The van der Waals surface area contributed by atoms with Crippen molar-refractivity contribution in [1.82, 2.24) is 9.55 Å². The summed E-state index contributed by atoms with van der Waals surface area (Å²) in [7, 11) is 0. The molecule has 2 rings (SSSR count). The molecule has 0 spiro atoms. The van der Waals surface area contributed by atoms with Crippen LogP contribution in [-0.4, -0.2) is 15.5 Å². The fourth-order valence-electron chi connectivity index (χ4n) is 1.66. The Bertz CT molecular complexity index is 514. The number of hydrogen-bond acceptors (Lipinski definition) is 2. The number of nitrogens with one attached hydrogen (secondary N) is 1. The average Bonchev–Trinajstić information content (AvgIpc) is 2.67. The number of carbonyl (C=O) groups excluding carboxylic acids is 1. The monoisotopic (exact) mass is 229 g/mol. The number of carbonyl (C=O) groups is 1. The summed E-state index contributed by atoms with van der Waals surface area (Å²) in [6.07, 6.45) is 3.75. The molecule has 17 heavy (non-hydrogen) atoms. The Morgan fingerprint density at radius 1 is 1.35 bits per heavy atom. The Kier molecular flexibility index (Phi) is 3.23. The van der Waals surface area contributed by atoms with E-state index in [1.165, 1.54) is 12.5 Å². The van der Waals surface area contributed by atoms with Crippen LogP contribution in [0.15, 0.2) is 36.7 Å². The van der Waals surface area contributed by atoms with Crippen LogP contribution in [0.25, 0.3) is 0 Å². The van der Waals surface area contributed by atoms with Crippen LogP contribution in [0, 0.1) is 6.92 Å². The zero-order valence-corrected chi connectivity index (χ0v) is 9.97. The van der Waals surface area contributed by atoms with E-state index in [1.54, 1.807) is 6.20 Å². The Morgan fingerprint density at radius 2 is 2.06 bits per heavy atom. The van der Waals surface area contributed by atoms with Crippen LogP contribution in [0.5, 0.6) is 0 Å². The van der Waals surface area contributed by atoms with E-state index < -0.39 is 0 Å². The Balaban J connectivity index is 2.08. The van der Waals surface area contributed by atoms with E-state index in [4.69, 9.17) is 0 Å². The van der Waals surface area contributed by atoms with E-state index in [2.05, 4.69) is 14.9 Å². The first-order valence-corrected chi connectivity index (χ1v) is 5.49. The largest absolute Gasteiger partial charge is 0.331 e. The van der Waals surface area contributed by atoms with Crippen molar-refractivity contribution in [2.24, 2.45) is 0 Å². The van der Waals surface area contributed by atoms with Crippen molar-refractivity contribution in [2.45, 2.75) is 20.4 Å². The van der Waals surface area contributed by atoms with Gasteiger partial charge < -0.3 is 9.88 Å². The van der Waals surface area contributed by atoms with E-state index in [9.17, 15) is 4.79 Å². The lowest BCUT2D eigenvalue weighted by Gasteiger charge is -2.06. The molecule has 2 aromatic rings. The molecule has 1 aromatic carbocycles. The number of nitrogens with zero attached hydrogens (tertiary/aromatic N) is 2. The highest BCUT2D eigenvalue weighted by atomic mass is 16.1. The van der Waals surface area contributed by atoms with Gasteiger partial charge in [-0.3, -0.25) is 4.79 Å².